The van der Waals surface area contributed by atoms with Gasteiger partial charge in [-0.25, -0.2) is 9.78 Å². The highest BCUT2D eigenvalue weighted by Crippen LogP contribution is 2.34. The molecule has 0 fully saturated rings. The second kappa shape index (κ2) is 8.77. The van der Waals surface area contributed by atoms with Gasteiger partial charge in [-0.15, -0.1) is 0 Å². The summed E-state index contributed by atoms with van der Waals surface area (Å²) in [5.41, 5.74) is 5.03. The van der Waals surface area contributed by atoms with Crippen molar-refractivity contribution in [2.75, 3.05) is 7.11 Å². The van der Waals surface area contributed by atoms with Crippen LogP contribution in [0.25, 0.3) is 33.5 Å². The molecule has 5 aromatic rings. The number of hydrogen-bond acceptors (Lipinski definition) is 5. The van der Waals surface area contributed by atoms with Crippen molar-refractivity contribution < 1.29 is 9.15 Å². The smallest absolute Gasteiger partial charge is 0.336 e. The van der Waals surface area contributed by atoms with Gasteiger partial charge in [0.1, 0.15) is 11.3 Å². The van der Waals surface area contributed by atoms with Gasteiger partial charge in [-0.05, 0) is 17.7 Å². The SMILES string of the molecule is COc1ccc2c(CSc3nc(-c4ccccc4)c(-c4ccccc4)[nH]3)cc(=O)oc2c1. The molecule has 5 nitrogen and oxygen atoms in total. The largest absolute Gasteiger partial charge is 0.497 e. The van der Waals surface area contributed by atoms with E-state index < -0.39 is 0 Å². The van der Waals surface area contributed by atoms with Crippen molar-refractivity contribution in [3.63, 3.8) is 0 Å². The van der Waals surface area contributed by atoms with Gasteiger partial charge in [0.15, 0.2) is 5.16 Å². The predicted molar refractivity (Wildman–Crippen MR) is 128 cm³/mol. The lowest BCUT2D eigenvalue weighted by molar-refractivity contribution is 0.414. The summed E-state index contributed by atoms with van der Waals surface area (Å²) in [6.07, 6.45) is 0. The van der Waals surface area contributed by atoms with Gasteiger partial charge in [-0.1, -0.05) is 72.4 Å². The molecule has 0 bridgehead atoms. The lowest BCUT2D eigenvalue weighted by Crippen LogP contribution is -2.00. The second-order valence-electron chi connectivity index (χ2n) is 7.24. The molecule has 0 amide bonds. The van der Waals surface area contributed by atoms with Crippen LogP contribution < -0.4 is 10.4 Å². The fourth-order valence-electron chi connectivity index (χ4n) is 3.64. The number of methoxy groups -OCH3 is 1. The Hall–Kier alpha value is -3.77. The number of nitrogens with one attached hydrogen (secondary N) is 1. The van der Waals surface area contributed by atoms with Crippen LogP contribution in [0.15, 0.2) is 99.3 Å². The van der Waals surface area contributed by atoms with Crippen LogP contribution in [0.4, 0.5) is 0 Å². The molecule has 6 heteroatoms. The van der Waals surface area contributed by atoms with Crippen LogP contribution in [0.3, 0.4) is 0 Å². The Morgan fingerprint density at radius 2 is 1.66 bits per heavy atom. The van der Waals surface area contributed by atoms with E-state index in [2.05, 4.69) is 29.2 Å². The van der Waals surface area contributed by atoms with Crippen molar-refractivity contribution in [1.29, 1.82) is 0 Å². The number of aromatic amines is 1. The molecular formula is C26H20N2O3S. The molecule has 158 valence electrons. The summed E-state index contributed by atoms with van der Waals surface area (Å²) in [7, 11) is 1.59. The lowest BCUT2D eigenvalue weighted by atomic mass is 10.1. The van der Waals surface area contributed by atoms with E-state index in [1.165, 1.54) is 0 Å². The normalized spacial score (nSPS) is 11.0. The molecule has 0 saturated carbocycles. The van der Waals surface area contributed by atoms with Gasteiger partial charge in [0.2, 0.25) is 0 Å². The van der Waals surface area contributed by atoms with Gasteiger partial charge >= 0.3 is 5.63 Å². The molecule has 5 rings (SSSR count). The number of thioether (sulfide) groups is 1. The number of hydrogen-bond donors (Lipinski definition) is 1. The third-order valence-electron chi connectivity index (χ3n) is 5.19. The maximum Gasteiger partial charge on any atom is 0.336 e. The minimum Gasteiger partial charge on any atom is -0.497 e. The van der Waals surface area contributed by atoms with E-state index in [1.54, 1.807) is 31.0 Å². The molecule has 0 spiro atoms. The first-order valence-electron chi connectivity index (χ1n) is 10.2. The highest BCUT2D eigenvalue weighted by atomic mass is 32.2. The number of benzene rings is 3. The van der Waals surface area contributed by atoms with Crippen LogP contribution in [-0.4, -0.2) is 17.1 Å². The number of nitrogens with zero attached hydrogens (tertiary/aromatic N) is 1. The van der Waals surface area contributed by atoms with Crippen LogP contribution in [0, 0.1) is 0 Å². The molecule has 32 heavy (non-hydrogen) atoms. The van der Waals surface area contributed by atoms with Crippen LogP contribution in [0.1, 0.15) is 5.56 Å². The summed E-state index contributed by atoms with van der Waals surface area (Å²) < 4.78 is 10.6. The molecule has 0 aliphatic carbocycles. The molecule has 0 radical (unpaired) electrons. The Bertz CT molecular complexity index is 1370. The standard InChI is InChI=1S/C26H20N2O3S/c1-30-20-12-13-21-19(14-23(29)31-22(21)15-20)16-32-26-27-24(17-8-4-2-5-9-17)25(28-26)18-10-6-3-7-11-18/h2-15H,16H2,1H3,(H,27,28). The Morgan fingerprint density at radius 1 is 0.938 bits per heavy atom. The minimum absolute atomic E-state index is 0.379. The maximum atomic E-state index is 12.1. The molecule has 0 atom stereocenters. The quantitative estimate of drug-likeness (QED) is 0.253. The summed E-state index contributed by atoms with van der Waals surface area (Å²) in [5.74, 6) is 1.22. The Labute approximate surface area is 189 Å². The van der Waals surface area contributed by atoms with Gasteiger partial charge < -0.3 is 14.1 Å². The fraction of sp³-hybridized carbons (Fsp3) is 0.0769. The maximum absolute atomic E-state index is 12.1. The number of ether oxygens (including phenoxy) is 1. The van der Waals surface area contributed by atoms with Gasteiger partial charge in [-0.2, -0.15) is 0 Å². The van der Waals surface area contributed by atoms with E-state index in [4.69, 9.17) is 14.1 Å². The number of aromatic nitrogens is 2. The van der Waals surface area contributed by atoms with Crippen LogP contribution in [0.5, 0.6) is 5.75 Å². The second-order valence-corrected chi connectivity index (χ2v) is 8.20. The Balaban J connectivity index is 1.51. The Kier molecular flexibility index (Phi) is 5.52. The zero-order valence-corrected chi connectivity index (χ0v) is 18.2. The Morgan fingerprint density at radius 3 is 2.38 bits per heavy atom. The monoisotopic (exact) mass is 440 g/mol. The third-order valence-corrected chi connectivity index (χ3v) is 6.12. The van der Waals surface area contributed by atoms with E-state index in [9.17, 15) is 4.79 Å². The zero-order valence-electron chi connectivity index (χ0n) is 17.4. The molecule has 0 saturated heterocycles. The third kappa shape index (κ3) is 4.05. The van der Waals surface area contributed by atoms with Crippen molar-refractivity contribution in [2.24, 2.45) is 0 Å². The fourth-order valence-corrected chi connectivity index (χ4v) is 4.50. The molecule has 0 aliphatic heterocycles. The van der Waals surface area contributed by atoms with Crippen molar-refractivity contribution in [2.45, 2.75) is 10.9 Å². The van der Waals surface area contributed by atoms with Crippen molar-refractivity contribution in [3.8, 4) is 28.3 Å². The minimum atomic E-state index is -0.379. The first-order chi connectivity index (χ1) is 15.7. The molecule has 2 heterocycles. The van der Waals surface area contributed by atoms with E-state index >= 15 is 0 Å². The molecule has 2 aromatic heterocycles. The lowest BCUT2D eigenvalue weighted by Gasteiger charge is -2.06. The van der Waals surface area contributed by atoms with E-state index in [0.717, 1.165) is 38.6 Å². The highest BCUT2D eigenvalue weighted by molar-refractivity contribution is 7.98. The number of fused-ring (bicyclic) bond motifs is 1. The van der Waals surface area contributed by atoms with Gasteiger partial charge in [0.25, 0.3) is 0 Å². The molecule has 1 N–H and O–H groups in total. The van der Waals surface area contributed by atoms with E-state index in [0.29, 0.717) is 17.1 Å². The number of imidazole rings is 1. The summed E-state index contributed by atoms with van der Waals surface area (Å²) in [6, 6.07) is 27.3. The number of H-pyrrole nitrogens is 1. The van der Waals surface area contributed by atoms with Crippen LogP contribution in [-0.2, 0) is 5.75 Å². The molecule has 0 aliphatic rings. The zero-order chi connectivity index (χ0) is 21.9. The highest BCUT2D eigenvalue weighted by Gasteiger charge is 2.15. The van der Waals surface area contributed by atoms with Crippen molar-refractivity contribution in [3.05, 3.63) is 101 Å². The van der Waals surface area contributed by atoms with E-state index in [1.807, 2.05) is 48.5 Å². The van der Waals surface area contributed by atoms with Gasteiger partial charge in [0, 0.05) is 34.4 Å². The van der Waals surface area contributed by atoms with Crippen molar-refractivity contribution >= 4 is 22.7 Å². The number of rotatable bonds is 6. The summed E-state index contributed by atoms with van der Waals surface area (Å²) in [6.45, 7) is 0. The molecular weight excluding hydrogens is 420 g/mol. The summed E-state index contributed by atoms with van der Waals surface area (Å²) in [4.78, 5) is 20.5. The average Bonchev–Trinajstić information content (AvgIpc) is 3.27. The first-order valence-corrected chi connectivity index (χ1v) is 11.1. The van der Waals surface area contributed by atoms with Gasteiger partial charge in [0.05, 0.1) is 18.5 Å². The van der Waals surface area contributed by atoms with Crippen LogP contribution in [0.2, 0.25) is 0 Å². The predicted octanol–water partition coefficient (Wildman–Crippen LogP) is 6.15. The molecule has 3 aromatic carbocycles. The average molecular weight is 441 g/mol. The molecule has 0 unspecified atom stereocenters. The summed E-state index contributed by atoms with van der Waals surface area (Å²) in [5, 5.41) is 1.67. The van der Waals surface area contributed by atoms with E-state index in [-0.39, 0.29) is 5.63 Å². The first kappa shape index (κ1) is 20.2. The van der Waals surface area contributed by atoms with Crippen LogP contribution >= 0.6 is 11.8 Å². The summed E-state index contributed by atoms with van der Waals surface area (Å²) >= 11 is 1.55. The van der Waals surface area contributed by atoms with Crippen molar-refractivity contribution in [1.82, 2.24) is 9.97 Å². The topological polar surface area (TPSA) is 68.1 Å². The van der Waals surface area contributed by atoms with Gasteiger partial charge in [-0.3, -0.25) is 0 Å².